The largest absolute Gasteiger partial charge is 0.392 e. The lowest BCUT2D eigenvalue weighted by Gasteiger charge is -1.92. The van der Waals surface area contributed by atoms with Gasteiger partial charge in [0, 0.05) is 17.0 Å². The molecule has 0 aliphatic heterocycles. The lowest BCUT2D eigenvalue weighted by molar-refractivity contribution is 0.112. The van der Waals surface area contributed by atoms with Crippen molar-refractivity contribution in [2.75, 3.05) is 0 Å². The molecule has 0 aliphatic rings. The van der Waals surface area contributed by atoms with E-state index in [9.17, 15) is 4.79 Å². The van der Waals surface area contributed by atoms with Crippen LogP contribution >= 0.6 is 23.2 Å². The predicted molar refractivity (Wildman–Crippen MR) is 76.3 cm³/mol. The van der Waals surface area contributed by atoms with Gasteiger partial charge in [-0.05, 0) is 29.8 Å². The molecule has 2 aromatic rings. The highest BCUT2D eigenvalue weighted by atomic mass is 35.5. The minimum absolute atomic E-state index is 0. The van der Waals surface area contributed by atoms with Crippen LogP contribution in [0.3, 0.4) is 0 Å². The normalized spacial score (nSPS) is 9.28. The first-order valence-corrected chi connectivity index (χ1v) is 5.97. The molecular weight excluding hydrogens is 271 g/mol. The zero-order valence-corrected chi connectivity index (χ0v) is 11.0. The number of rotatable bonds is 2. The van der Waals surface area contributed by atoms with Crippen molar-refractivity contribution in [3.63, 3.8) is 0 Å². The van der Waals surface area contributed by atoms with Crippen molar-refractivity contribution in [3.05, 3.63) is 69.7 Å². The van der Waals surface area contributed by atoms with E-state index in [1.807, 2.05) is 0 Å². The fourth-order valence-corrected chi connectivity index (χ4v) is 1.38. The van der Waals surface area contributed by atoms with E-state index in [4.69, 9.17) is 28.3 Å². The average molecular weight is 285 g/mol. The first kappa shape index (κ1) is 14.7. The van der Waals surface area contributed by atoms with E-state index >= 15 is 0 Å². The summed E-state index contributed by atoms with van der Waals surface area (Å²) in [5.41, 5.74) is 1.54. The molecule has 0 unspecified atom stereocenters. The van der Waals surface area contributed by atoms with Gasteiger partial charge in [0.2, 0.25) is 0 Å². The Morgan fingerprint density at radius 3 is 1.78 bits per heavy atom. The molecule has 0 fully saturated rings. The highest BCUT2D eigenvalue weighted by Gasteiger charge is 1.87. The molecule has 2 nitrogen and oxygen atoms in total. The Morgan fingerprint density at radius 2 is 1.39 bits per heavy atom. The van der Waals surface area contributed by atoms with Crippen molar-refractivity contribution in [1.82, 2.24) is 0 Å². The molecule has 96 valence electrons. The monoisotopic (exact) mass is 284 g/mol. The zero-order chi connectivity index (χ0) is 13.4. The topological polar surface area (TPSA) is 37.3 Å². The fraction of sp³-hybridized carbons (Fsp3) is 0.0714. The van der Waals surface area contributed by atoms with E-state index in [2.05, 4.69) is 0 Å². The van der Waals surface area contributed by atoms with Gasteiger partial charge in [-0.1, -0.05) is 47.5 Å². The van der Waals surface area contributed by atoms with Gasteiger partial charge in [-0.15, -0.1) is 0 Å². The summed E-state index contributed by atoms with van der Waals surface area (Å²) < 4.78 is 0. The summed E-state index contributed by atoms with van der Waals surface area (Å²) in [4.78, 5) is 10.1. The van der Waals surface area contributed by atoms with Crippen LogP contribution in [-0.4, -0.2) is 11.4 Å². The molecule has 0 bridgehead atoms. The molecule has 0 saturated heterocycles. The van der Waals surface area contributed by atoms with Gasteiger partial charge in [0.15, 0.2) is 0 Å². The van der Waals surface area contributed by atoms with Gasteiger partial charge < -0.3 is 5.11 Å². The second-order valence-electron chi connectivity index (χ2n) is 3.45. The van der Waals surface area contributed by atoms with Gasteiger partial charge >= 0.3 is 0 Å². The van der Waals surface area contributed by atoms with Crippen molar-refractivity contribution in [3.8, 4) is 0 Å². The van der Waals surface area contributed by atoms with Crippen molar-refractivity contribution < 1.29 is 11.3 Å². The van der Waals surface area contributed by atoms with Crippen molar-refractivity contribution in [1.29, 1.82) is 0 Å². The molecule has 2 rings (SSSR count). The van der Waals surface area contributed by atoms with Crippen molar-refractivity contribution in [2.24, 2.45) is 0 Å². The van der Waals surface area contributed by atoms with Crippen molar-refractivity contribution >= 4 is 29.5 Å². The van der Waals surface area contributed by atoms with E-state index < -0.39 is 0 Å². The Hall–Kier alpha value is -1.35. The molecule has 0 aromatic heterocycles. The highest BCUT2D eigenvalue weighted by Crippen LogP contribution is 2.08. The summed E-state index contributed by atoms with van der Waals surface area (Å²) in [6.45, 7) is 0.0805. The molecule has 0 saturated carbocycles. The predicted octanol–water partition coefficient (Wildman–Crippen LogP) is 4.23. The molecule has 0 spiro atoms. The van der Waals surface area contributed by atoms with Gasteiger partial charge in [-0.2, -0.15) is 0 Å². The van der Waals surface area contributed by atoms with Gasteiger partial charge in [-0.3, -0.25) is 4.79 Å². The van der Waals surface area contributed by atoms with E-state index in [1.165, 1.54) is 0 Å². The lowest BCUT2D eigenvalue weighted by Crippen LogP contribution is -1.79. The molecule has 4 heteroatoms. The van der Waals surface area contributed by atoms with Gasteiger partial charge in [0.05, 0.1) is 6.61 Å². The third-order valence-electron chi connectivity index (χ3n) is 2.10. The molecule has 0 radical (unpaired) electrons. The summed E-state index contributed by atoms with van der Waals surface area (Å²) in [6.07, 6.45) is 0.788. The molecule has 0 heterocycles. The van der Waals surface area contributed by atoms with Crippen LogP contribution in [0.5, 0.6) is 0 Å². The van der Waals surface area contributed by atoms with Crippen LogP contribution in [0.2, 0.25) is 10.0 Å². The molecule has 0 aliphatic carbocycles. The lowest BCUT2D eigenvalue weighted by atomic mass is 10.2. The van der Waals surface area contributed by atoms with Crippen LogP contribution in [0, 0.1) is 0 Å². The Morgan fingerprint density at radius 1 is 0.944 bits per heavy atom. The summed E-state index contributed by atoms with van der Waals surface area (Å²) in [5, 5.41) is 9.94. The Kier molecular flexibility index (Phi) is 6.44. The SMILES string of the molecule is O=Cc1ccc(Cl)cc1.OCc1ccc(Cl)cc1.[HH]. The second-order valence-corrected chi connectivity index (χ2v) is 4.33. The molecule has 18 heavy (non-hydrogen) atoms. The number of hydrogen-bond donors (Lipinski definition) is 1. The van der Waals surface area contributed by atoms with Gasteiger partial charge in [0.25, 0.3) is 0 Å². The maximum atomic E-state index is 10.1. The number of carbonyl (C=O) groups is 1. The van der Waals surface area contributed by atoms with Crippen molar-refractivity contribution in [2.45, 2.75) is 6.61 Å². The number of benzene rings is 2. The summed E-state index contributed by atoms with van der Waals surface area (Å²) >= 11 is 11.1. The molecule has 2 aromatic carbocycles. The number of halogens is 2. The van der Waals surface area contributed by atoms with Crippen LogP contribution in [0.15, 0.2) is 48.5 Å². The van der Waals surface area contributed by atoms with E-state index in [1.54, 1.807) is 48.5 Å². The number of hydrogen-bond acceptors (Lipinski definition) is 2. The minimum Gasteiger partial charge on any atom is -0.392 e. The molecule has 1 N–H and O–H groups in total. The van der Waals surface area contributed by atoms with Gasteiger partial charge in [-0.25, -0.2) is 0 Å². The first-order valence-electron chi connectivity index (χ1n) is 5.21. The van der Waals surface area contributed by atoms with Crippen LogP contribution in [0.4, 0.5) is 0 Å². The third kappa shape index (κ3) is 5.32. The Bertz CT molecular complexity index is 484. The van der Waals surface area contributed by atoms with Gasteiger partial charge in [0.1, 0.15) is 6.29 Å². The second kappa shape index (κ2) is 7.88. The van der Waals surface area contributed by atoms with Crippen LogP contribution in [0.1, 0.15) is 17.3 Å². The minimum atomic E-state index is 0. The number of aliphatic hydroxyl groups excluding tert-OH is 1. The first-order chi connectivity index (χ1) is 8.65. The zero-order valence-electron chi connectivity index (χ0n) is 9.51. The summed E-state index contributed by atoms with van der Waals surface area (Å²) in [5.74, 6) is 0. The Labute approximate surface area is 117 Å². The standard InChI is InChI=1S/C7H7ClO.C7H5ClO.H2/c2*8-7-3-1-6(5-9)2-4-7;/h1-4,9H,5H2;1-5H;1H. The van der Waals surface area contributed by atoms with Crippen LogP contribution in [-0.2, 0) is 6.61 Å². The van der Waals surface area contributed by atoms with Crippen LogP contribution in [0.25, 0.3) is 0 Å². The maximum absolute atomic E-state index is 10.1. The molecule has 0 atom stereocenters. The smallest absolute Gasteiger partial charge is 0.150 e. The summed E-state index contributed by atoms with van der Waals surface area (Å²) in [7, 11) is 0. The molecular formula is C14H14Cl2O2. The number of aldehydes is 1. The van der Waals surface area contributed by atoms with Crippen LogP contribution < -0.4 is 0 Å². The Balaban J connectivity index is 0.000000324. The number of carbonyl (C=O) groups excluding carboxylic acids is 1. The number of aliphatic hydroxyl groups is 1. The summed E-state index contributed by atoms with van der Waals surface area (Å²) in [6, 6.07) is 13.8. The van der Waals surface area contributed by atoms with E-state index in [0.29, 0.717) is 15.6 Å². The highest BCUT2D eigenvalue weighted by molar-refractivity contribution is 6.30. The fourth-order valence-electron chi connectivity index (χ4n) is 1.13. The molecule has 0 amide bonds. The maximum Gasteiger partial charge on any atom is 0.150 e. The quantitative estimate of drug-likeness (QED) is 0.838. The average Bonchev–Trinajstić information content (AvgIpc) is 2.41. The van der Waals surface area contributed by atoms with E-state index in [-0.39, 0.29) is 8.03 Å². The van der Waals surface area contributed by atoms with E-state index in [0.717, 1.165) is 11.8 Å². The third-order valence-corrected chi connectivity index (χ3v) is 2.61.